The number of carbonyl (C=O) groups is 2. The lowest BCUT2D eigenvalue weighted by Crippen LogP contribution is -2.42. The van der Waals surface area contributed by atoms with Crippen LogP contribution in [0.25, 0.3) is 0 Å². The van der Waals surface area contributed by atoms with Gasteiger partial charge in [0.05, 0.1) is 6.04 Å². The number of fused-ring (bicyclic) bond motifs is 1. The fraction of sp³-hybridized carbons (Fsp3) is 0.391. The molecule has 0 radical (unpaired) electrons. The molecule has 6 heteroatoms. The first kappa shape index (κ1) is 20.9. The van der Waals surface area contributed by atoms with E-state index in [0.717, 1.165) is 22.3 Å². The summed E-state index contributed by atoms with van der Waals surface area (Å²) in [6.45, 7) is 8.37. The molecular formula is C23H29N3O3. The first-order valence-electron chi connectivity index (χ1n) is 9.83. The number of nitrogens with zero attached hydrogens (tertiary/aromatic N) is 1. The number of carbonyl (C=O) groups excluding carboxylic acids is 2. The van der Waals surface area contributed by atoms with E-state index in [1.807, 2.05) is 70.2 Å². The maximum absolute atomic E-state index is 12.9. The third-order valence-electron chi connectivity index (χ3n) is 4.97. The van der Waals surface area contributed by atoms with Gasteiger partial charge in [0.25, 0.3) is 0 Å². The van der Waals surface area contributed by atoms with Crippen LogP contribution in [0.4, 0.5) is 10.5 Å². The van der Waals surface area contributed by atoms with Crippen LogP contribution in [0, 0.1) is 6.92 Å². The molecule has 0 fully saturated rings. The number of nitrogens with two attached hydrogens (primary N) is 1. The molecule has 0 spiro atoms. The molecule has 3 N–H and O–H groups in total. The Bertz CT molecular complexity index is 904. The second-order valence-electron chi connectivity index (χ2n) is 8.49. The lowest BCUT2D eigenvalue weighted by Gasteiger charge is -2.24. The molecule has 1 atom stereocenters. The van der Waals surface area contributed by atoms with Crippen molar-refractivity contribution in [1.29, 1.82) is 0 Å². The van der Waals surface area contributed by atoms with Crippen molar-refractivity contribution in [3.63, 3.8) is 0 Å². The largest absolute Gasteiger partial charge is 0.444 e. The molecule has 0 saturated carbocycles. The van der Waals surface area contributed by atoms with Crippen LogP contribution in [0.1, 0.15) is 43.0 Å². The molecule has 154 valence electrons. The van der Waals surface area contributed by atoms with Crippen molar-refractivity contribution in [2.45, 2.75) is 58.8 Å². The molecule has 1 heterocycles. The summed E-state index contributed by atoms with van der Waals surface area (Å²) in [5.41, 5.74) is 10.3. The summed E-state index contributed by atoms with van der Waals surface area (Å²) in [5, 5.41) is 2.83. The summed E-state index contributed by atoms with van der Waals surface area (Å²) in [6, 6.07) is 13.1. The smallest absolute Gasteiger partial charge is 0.412 e. The van der Waals surface area contributed by atoms with Gasteiger partial charge in [0, 0.05) is 18.8 Å². The number of rotatable bonds is 3. The van der Waals surface area contributed by atoms with E-state index in [4.69, 9.17) is 10.5 Å². The molecular weight excluding hydrogens is 366 g/mol. The first-order valence-corrected chi connectivity index (χ1v) is 9.83. The lowest BCUT2D eigenvalue weighted by molar-refractivity contribution is -0.133. The molecule has 2 aromatic rings. The topological polar surface area (TPSA) is 84.7 Å². The average molecular weight is 396 g/mol. The molecule has 0 bridgehead atoms. The molecule has 3 rings (SSSR count). The van der Waals surface area contributed by atoms with Crippen molar-refractivity contribution in [1.82, 2.24) is 4.90 Å². The number of amides is 2. The van der Waals surface area contributed by atoms with Gasteiger partial charge in [-0.2, -0.15) is 0 Å². The van der Waals surface area contributed by atoms with Gasteiger partial charge in [-0.3, -0.25) is 10.1 Å². The highest BCUT2D eigenvalue weighted by molar-refractivity contribution is 5.87. The van der Waals surface area contributed by atoms with Crippen molar-refractivity contribution in [3.8, 4) is 0 Å². The Balaban J connectivity index is 1.88. The zero-order chi connectivity index (χ0) is 21.2. The highest BCUT2D eigenvalue weighted by Crippen LogP contribution is 2.29. The zero-order valence-electron chi connectivity index (χ0n) is 17.5. The molecule has 6 nitrogen and oxygen atoms in total. The first-order chi connectivity index (χ1) is 13.6. The van der Waals surface area contributed by atoms with Crippen molar-refractivity contribution in [3.05, 3.63) is 64.7 Å². The van der Waals surface area contributed by atoms with E-state index in [1.165, 1.54) is 0 Å². The quantitative estimate of drug-likeness (QED) is 0.829. The van der Waals surface area contributed by atoms with Gasteiger partial charge in [-0.25, -0.2) is 4.79 Å². The summed E-state index contributed by atoms with van der Waals surface area (Å²) in [5.74, 6) is -0.0638. The van der Waals surface area contributed by atoms with Gasteiger partial charge in [0.15, 0.2) is 0 Å². The second-order valence-corrected chi connectivity index (χ2v) is 8.49. The Morgan fingerprint density at radius 3 is 2.55 bits per heavy atom. The van der Waals surface area contributed by atoms with Crippen LogP contribution in [0.15, 0.2) is 42.5 Å². The fourth-order valence-corrected chi connectivity index (χ4v) is 3.54. The van der Waals surface area contributed by atoms with Gasteiger partial charge < -0.3 is 15.4 Å². The third kappa shape index (κ3) is 5.15. The number of ether oxygens (including phenoxy) is 1. The van der Waals surface area contributed by atoms with Crippen molar-refractivity contribution in [2.24, 2.45) is 5.73 Å². The Morgan fingerprint density at radius 1 is 1.21 bits per heavy atom. The highest BCUT2D eigenvalue weighted by Gasteiger charge is 2.29. The normalized spacial score (nSPS) is 16.8. The molecule has 29 heavy (non-hydrogen) atoms. The Hall–Kier alpha value is -2.86. The standard InChI is InChI=1S/C23H29N3O3/c1-15-18-14-26(13-16-8-6-5-7-9-16)21(27)19(24)12-17(18)10-11-20(15)25-22(28)29-23(2,3)4/h5-11,19H,12-14,24H2,1-4H3,(H,25,28)/t19-/m1/s1. The van der Waals surface area contributed by atoms with Crippen LogP contribution < -0.4 is 11.1 Å². The van der Waals surface area contributed by atoms with Gasteiger partial charge in [-0.1, -0.05) is 36.4 Å². The summed E-state index contributed by atoms with van der Waals surface area (Å²) in [4.78, 5) is 26.9. The van der Waals surface area contributed by atoms with E-state index >= 15 is 0 Å². The van der Waals surface area contributed by atoms with E-state index in [1.54, 1.807) is 4.90 Å². The number of anilines is 1. The molecule has 0 aliphatic carbocycles. The Morgan fingerprint density at radius 2 is 1.90 bits per heavy atom. The van der Waals surface area contributed by atoms with Crippen molar-refractivity contribution >= 4 is 17.7 Å². The van der Waals surface area contributed by atoms with Crippen LogP contribution in [-0.2, 0) is 29.0 Å². The van der Waals surface area contributed by atoms with Crippen LogP contribution in [0.5, 0.6) is 0 Å². The number of nitrogens with one attached hydrogen (secondary N) is 1. The fourth-order valence-electron chi connectivity index (χ4n) is 3.54. The molecule has 2 amide bonds. The Labute approximate surface area is 172 Å². The highest BCUT2D eigenvalue weighted by atomic mass is 16.6. The summed E-state index contributed by atoms with van der Waals surface area (Å²) < 4.78 is 5.37. The maximum atomic E-state index is 12.9. The minimum Gasteiger partial charge on any atom is -0.444 e. The molecule has 0 saturated heterocycles. The van der Waals surface area contributed by atoms with E-state index < -0.39 is 17.7 Å². The number of benzene rings is 2. The van der Waals surface area contributed by atoms with E-state index in [0.29, 0.717) is 25.2 Å². The van der Waals surface area contributed by atoms with Gasteiger partial charge in [0.2, 0.25) is 5.91 Å². The van der Waals surface area contributed by atoms with Gasteiger partial charge in [-0.15, -0.1) is 0 Å². The second kappa shape index (κ2) is 8.25. The molecule has 0 aromatic heterocycles. The minimum absolute atomic E-state index is 0.0638. The zero-order valence-corrected chi connectivity index (χ0v) is 17.5. The van der Waals surface area contributed by atoms with Crippen molar-refractivity contribution in [2.75, 3.05) is 5.32 Å². The molecule has 2 aromatic carbocycles. The minimum atomic E-state index is -0.580. The molecule has 0 unspecified atom stereocenters. The lowest BCUT2D eigenvalue weighted by atomic mass is 9.96. The van der Waals surface area contributed by atoms with Crippen LogP contribution in [0.2, 0.25) is 0 Å². The monoisotopic (exact) mass is 395 g/mol. The number of hydrogen-bond acceptors (Lipinski definition) is 4. The van der Waals surface area contributed by atoms with Gasteiger partial charge in [-0.05, 0) is 62.4 Å². The van der Waals surface area contributed by atoms with E-state index in [2.05, 4.69) is 5.32 Å². The van der Waals surface area contributed by atoms with E-state index in [9.17, 15) is 9.59 Å². The molecule has 1 aliphatic heterocycles. The Kier molecular flexibility index (Phi) is 5.94. The van der Waals surface area contributed by atoms with Crippen LogP contribution in [-0.4, -0.2) is 28.5 Å². The maximum Gasteiger partial charge on any atom is 0.412 e. The SMILES string of the molecule is Cc1c(NC(=O)OC(C)(C)C)ccc2c1CN(Cc1ccccc1)C(=O)[C@H](N)C2. The summed E-state index contributed by atoms with van der Waals surface area (Å²) in [6.07, 6.45) is -0.0180. The number of hydrogen-bond donors (Lipinski definition) is 2. The summed E-state index contributed by atoms with van der Waals surface area (Å²) in [7, 11) is 0. The third-order valence-corrected chi connectivity index (χ3v) is 4.97. The van der Waals surface area contributed by atoms with Crippen LogP contribution >= 0.6 is 0 Å². The van der Waals surface area contributed by atoms with E-state index in [-0.39, 0.29) is 5.91 Å². The van der Waals surface area contributed by atoms with Gasteiger partial charge >= 0.3 is 6.09 Å². The predicted octanol–water partition coefficient (Wildman–Crippen LogP) is 3.75. The van der Waals surface area contributed by atoms with Crippen molar-refractivity contribution < 1.29 is 14.3 Å². The van der Waals surface area contributed by atoms with Gasteiger partial charge in [0.1, 0.15) is 5.60 Å². The average Bonchev–Trinajstić information content (AvgIpc) is 2.75. The van der Waals surface area contributed by atoms with Crippen LogP contribution in [0.3, 0.4) is 0 Å². The summed E-state index contributed by atoms with van der Waals surface area (Å²) >= 11 is 0. The molecule has 1 aliphatic rings. The predicted molar refractivity (Wildman–Crippen MR) is 113 cm³/mol.